The van der Waals surface area contributed by atoms with E-state index in [1.807, 2.05) is 0 Å². The Bertz CT molecular complexity index is 1160. The van der Waals surface area contributed by atoms with Crippen LogP contribution in [0.4, 0.5) is 19.0 Å². The summed E-state index contributed by atoms with van der Waals surface area (Å²) in [7, 11) is 0. The molecule has 2 aromatic rings. The second-order valence-electron chi connectivity index (χ2n) is 8.48. The molecule has 182 valence electrons. The van der Waals surface area contributed by atoms with E-state index in [1.165, 1.54) is 13.3 Å². The summed E-state index contributed by atoms with van der Waals surface area (Å²) in [5.41, 5.74) is 0.124. The van der Waals surface area contributed by atoms with Gasteiger partial charge in [-0.3, -0.25) is 14.9 Å². The quantitative estimate of drug-likeness (QED) is 0.465. The van der Waals surface area contributed by atoms with Gasteiger partial charge >= 0.3 is 0 Å². The minimum absolute atomic E-state index is 0.112. The molecule has 1 aliphatic heterocycles. The molecule has 34 heavy (non-hydrogen) atoms. The lowest BCUT2D eigenvalue weighted by Crippen LogP contribution is -2.38. The van der Waals surface area contributed by atoms with E-state index in [0.29, 0.717) is 12.8 Å². The number of aliphatic imine (C=N–C) groups is 1. The molecule has 2 aromatic heterocycles. The monoisotopic (exact) mass is 479 g/mol. The molecular weight excluding hydrogens is 455 g/mol. The molecule has 2 fully saturated rings. The summed E-state index contributed by atoms with van der Waals surface area (Å²) >= 11 is 0. The average molecular weight is 479 g/mol. The predicted octanol–water partition coefficient (Wildman–Crippen LogP) is 1.96. The summed E-state index contributed by atoms with van der Waals surface area (Å²) < 4.78 is 41.6. The van der Waals surface area contributed by atoms with Crippen LogP contribution in [0.15, 0.2) is 35.5 Å². The van der Waals surface area contributed by atoms with Crippen LogP contribution >= 0.6 is 0 Å². The molecule has 1 saturated carbocycles. The number of alkyl halides is 2. The van der Waals surface area contributed by atoms with Crippen molar-refractivity contribution in [3.8, 4) is 0 Å². The maximum Gasteiger partial charge on any atom is 0.275 e. The highest BCUT2D eigenvalue weighted by atomic mass is 19.3. The fourth-order valence-corrected chi connectivity index (χ4v) is 4.24. The number of halogens is 3. The van der Waals surface area contributed by atoms with Crippen LogP contribution in [0.3, 0.4) is 0 Å². The summed E-state index contributed by atoms with van der Waals surface area (Å²) in [5, 5.41) is 29.8. The van der Waals surface area contributed by atoms with E-state index in [-0.39, 0.29) is 28.1 Å². The standard InChI is InChI=1S/C21H24F3N7O3/c1-10(6-25-7-11(2)22)13-5-21(23,24)8-31(13)20(34)16-15-18(26-9-27-19(15)30-29-16)28-12-3-4-14(32)17(12)33/h6-7,9,12-14,17,32-33H,1,3-5,8H2,2H3,(H2,26,27,28,29,30)/b11-7+,25-6-/t12-,13-,14-,17+/m1/s1. The molecule has 1 saturated heterocycles. The molecule has 0 spiro atoms. The Balaban J connectivity index is 1.65. The normalized spacial score (nSPS) is 27.1. The zero-order chi connectivity index (χ0) is 24.6. The number of carbonyl (C=O) groups is 1. The van der Waals surface area contributed by atoms with Crippen LogP contribution < -0.4 is 5.32 Å². The first-order valence-corrected chi connectivity index (χ1v) is 10.6. The highest BCUT2D eigenvalue weighted by molar-refractivity contribution is 6.08. The number of rotatable bonds is 6. The molecule has 0 radical (unpaired) electrons. The molecule has 4 rings (SSSR count). The molecule has 3 heterocycles. The van der Waals surface area contributed by atoms with Gasteiger partial charge in [0.25, 0.3) is 11.8 Å². The fourth-order valence-electron chi connectivity index (χ4n) is 4.24. The average Bonchev–Trinajstić information content (AvgIpc) is 3.44. The van der Waals surface area contributed by atoms with Crippen LogP contribution in [0.5, 0.6) is 0 Å². The van der Waals surface area contributed by atoms with Crippen LogP contribution in [0.2, 0.25) is 0 Å². The van der Waals surface area contributed by atoms with Gasteiger partial charge in [0.2, 0.25) is 0 Å². The second-order valence-corrected chi connectivity index (χ2v) is 8.48. The highest BCUT2D eigenvalue weighted by Crippen LogP contribution is 2.36. The Hall–Kier alpha value is -3.32. The van der Waals surface area contributed by atoms with Crippen molar-refractivity contribution >= 4 is 29.0 Å². The molecule has 4 atom stereocenters. The number of fused-ring (bicyclic) bond motifs is 1. The number of nitrogens with zero attached hydrogens (tertiary/aromatic N) is 5. The zero-order valence-electron chi connectivity index (χ0n) is 18.2. The number of hydrogen-bond acceptors (Lipinski definition) is 8. The number of aromatic nitrogens is 4. The molecule has 1 aliphatic carbocycles. The van der Waals surface area contributed by atoms with E-state index in [4.69, 9.17) is 0 Å². The largest absolute Gasteiger partial charge is 0.390 e. The van der Waals surface area contributed by atoms with Crippen molar-refractivity contribution < 1.29 is 28.2 Å². The van der Waals surface area contributed by atoms with E-state index in [0.717, 1.165) is 17.3 Å². The number of hydrogen-bond donors (Lipinski definition) is 4. The van der Waals surface area contributed by atoms with E-state index in [2.05, 4.69) is 37.1 Å². The van der Waals surface area contributed by atoms with E-state index < -0.39 is 54.9 Å². The van der Waals surface area contributed by atoms with Gasteiger partial charge in [-0.05, 0) is 25.3 Å². The van der Waals surface area contributed by atoms with Crippen molar-refractivity contribution in [2.75, 3.05) is 11.9 Å². The molecule has 1 amide bonds. The van der Waals surface area contributed by atoms with E-state index >= 15 is 0 Å². The van der Waals surface area contributed by atoms with Gasteiger partial charge in [-0.25, -0.2) is 23.1 Å². The smallest absolute Gasteiger partial charge is 0.275 e. The predicted molar refractivity (Wildman–Crippen MR) is 117 cm³/mol. The van der Waals surface area contributed by atoms with E-state index in [9.17, 15) is 28.2 Å². The number of anilines is 1. The number of amides is 1. The summed E-state index contributed by atoms with van der Waals surface area (Å²) in [6.07, 6.45) is 1.52. The Kier molecular flexibility index (Phi) is 6.41. The molecule has 0 unspecified atom stereocenters. The van der Waals surface area contributed by atoms with Gasteiger partial charge in [0.15, 0.2) is 11.3 Å². The van der Waals surface area contributed by atoms with Crippen LogP contribution in [0.1, 0.15) is 36.7 Å². The third-order valence-corrected chi connectivity index (χ3v) is 5.91. The van der Waals surface area contributed by atoms with Gasteiger partial charge in [0.05, 0.1) is 42.4 Å². The van der Waals surface area contributed by atoms with Crippen molar-refractivity contribution in [1.82, 2.24) is 25.1 Å². The summed E-state index contributed by atoms with van der Waals surface area (Å²) in [5.74, 6) is -4.37. The number of carbonyl (C=O) groups excluding carboxylic acids is 1. The van der Waals surface area contributed by atoms with Crippen LogP contribution in [-0.2, 0) is 0 Å². The molecule has 13 heteroatoms. The van der Waals surface area contributed by atoms with Crippen LogP contribution in [0, 0.1) is 0 Å². The lowest BCUT2D eigenvalue weighted by molar-refractivity contribution is 0.0118. The zero-order valence-corrected chi connectivity index (χ0v) is 18.2. The molecule has 0 bridgehead atoms. The Morgan fingerprint density at radius 1 is 1.38 bits per heavy atom. The number of aliphatic hydroxyl groups is 2. The molecule has 2 aliphatic rings. The van der Waals surface area contributed by atoms with E-state index in [1.54, 1.807) is 0 Å². The summed E-state index contributed by atoms with van der Waals surface area (Å²) in [6, 6.07) is -1.61. The Morgan fingerprint density at radius 2 is 2.15 bits per heavy atom. The molecule has 10 nitrogen and oxygen atoms in total. The van der Waals surface area contributed by atoms with Gasteiger partial charge in [0, 0.05) is 12.6 Å². The number of likely N-dealkylation sites (tertiary alicyclic amines) is 1. The first-order chi connectivity index (χ1) is 16.1. The maximum absolute atomic E-state index is 14.3. The molecule has 4 N–H and O–H groups in total. The lowest BCUT2D eigenvalue weighted by atomic mass is 10.1. The number of aromatic amines is 1. The van der Waals surface area contributed by atoms with Crippen LogP contribution in [-0.4, -0.2) is 84.2 Å². The minimum Gasteiger partial charge on any atom is -0.390 e. The summed E-state index contributed by atoms with van der Waals surface area (Å²) in [4.78, 5) is 26.2. The minimum atomic E-state index is -3.17. The number of allylic oxidation sites excluding steroid dienone is 1. The van der Waals surface area contributed by atoms with Gasteiger partial charge in [-0.1, -0.05) is 6.58 Å². The van der Waals surface area contributed by atoms with Crippen molar-refractivity contribution in [3.05, 3.63) is 36.2 Å². The molecule has 0 aromatic carbocycles. The van der Waals surface area contributed by atoms with Crippen molar-refractivity contribution in [2.24, 2.45) is 4.99 Å². The number of aliphatic hydroxyl groups excluding tert-OH is 2. The lowest BCUT2D eigenvalue weighted by Gasteiger charge is -2.23. The third kappa shape index (κ3) is 4.66. The molecular formula is C21H24F3N7O3. The summed E-state index contributed by atoms with van der Waals surface area (Å²) in [6.45, 7) is 4.05. The SMILES string of the molecule is C=C(/C=N\C=C(/C)F)[C@H]1CC(F)(F)CN1C(=O)c1n[nH]c2ncnc(N[C@@H]3CC[C@@H](O)[C@H]3O)c12. The highest BCUT2D eigenvalue weighted by Gasteiger charge is 2.48. The Morgan fingerprint density at radius 3 is 2.82 bits per heavy atom. The number of nitrogens with one attached hydrogen (secondary N) is 2. The second kappa shape index (κ2) is 9.14. The van der Waals surface area contributed by atoms with Crippen molar-refractivity contribution in [1.29, 1.82) is 0 Å². The Labute approximate surface area is 192 Å². The van der Waals surface area contributed by atoms with Gasteiger partial charge in [0.1, 0.15) is 18.0 Å². The topological polar surface area (TPSA) is 140 Å². The van der Waals surface area contributed by atoms with Crippen molar-refractivity contribution in [2.45, 2.75) is 56.4 Å². The van der Waals surface area contributed by atoms with Gasteiger partial charge < -0.3 is 20.4 Å². The fraction of sp³-hybridized carbons (Fsp3) is 0.476. The van der Waals surface area contributed by atoms with Gasteiger partial charge in [-0.2, -0.15) is 5.10 Å². The van der Waals surface area contributed by atoms with Gasteiger partial charge in [-0.15, -0.1) is 0 Å². The maximum atomic E-state index is 14.3. The van der Waals surface area contributed by atoms with Crippen molar-refractivity contribution in [3.63, 3.8) is 0 Å². The first kappa shape index (κ1) is 23.8. The first-order valence-electron chi connectivity index (χ1n) is 10.6. The van der Waals surface area contributed by atoms with Crippen LogP contribution in [0.25, 0.3) is 11.0 Å². The number of H-pyrrole nitrogens is 1. The third-order valence-electron chi connectivity index (χ3n) is 5.91.